The lowest BCUT2D eigenvalue weighted by Gasteiger charge is -2.26. The van der Waals surface area contributed by atoms with E-state index in [2.05, 4.69) is 190 Å². The summed E-state index contributed by atoms with van der Waals surface area (Å²) < 4.78 is 4.75. The summed E-state index contributed by atoms with van der Waals surface area (Å²) in [5.74, 6) is 0. The van der Waals surface area contributed by atoms with Gasteiger partial charge < -0.3 is 14.0 Å². The maximum absolute atomic E-state index is 2.43. The van der Waals surface area contributed by atoms with Gasteiger partial charge in [0.15, 0.2) is 0 Å². The molecule has 0 unspecified atom stereocenters. The first-order chi connectivity index (χ1) is 22.3. The van der Waals surface area contributed by atoms with E-state index in [4.69, 9.17) is 0 Å². The van der Waals surface area contributed by atoms with Gasteiger partial charge in [0, 0.05) is 50.8 Å². The Balaban J connectivity index is 1.35. The van der Waals surface area contributed by atoms with Crippen molar-refractivity contribution in [2.45, 2.75) is 0 Å². The van der Waals surface area contributed by atoms with E-state index in [1.54, 1.807) is 0 Å². The molecular weight excluding hydrogens is 546 g/mol. The summed E-state index contributed by atoms with van der Waals surface area (Å²) >= 11 is 0. The molecule has 3 nitrogen and oxygen atoms in total. The molecule has 212 valence electrons. The zero-order valence-corrected chi connectivity index (χ0v) is 24.6. The van der Waals surface area contributed by atoms with Gasteiger partial charge in [0.05, 0.1) is 16.6 Å². The number of rotatable bonds is 5. The van der Waals surface area contributed by atoms with Crippen LogP contribution in [0.15, 0.2) is 176 Å². The Morgan fingerprint density at radius 3 is 1.78 bits per heavy atom. The first-order valence-electron chi connectivity index (χ1n) is 15.4. The molecule has 7 aromatic carbocycles. The average Bonchev–Trinajstić information content (AvgIpc) is 3.69. The maximum Gasteiger partial charge on any atom is 0.0788 e. The summed E-state index contributed by atoms with van der Waals surface area (Å²) in [6, 6.07) is 61.0. The van der Waals surface area contributed by atoms with Crippen molar-refractivity contribution in [3.05, 3.63) is 176 Å². The largest absolute Gasteiger partial charge is 0.315 e. The van der Waals surface area contributed by atoms with Gasteiger partial charge in [-0.15, -0.1) is 0 Å². The molecule has 0 spiro atoms. The number of para-hydroxylation sites is 3. The van der Waals surface area contributed by atoms with Crippen LogP contribution < -0.4 is 4.90 Å². The molecule has 0 saturated carbocycles. The molecule has 2 heterocycles. The van der Waals surface area contributed by atoms with Crippen LogP contribution in [0.1, 0.15) is 0 Å². The summed E-state index contributed by atoms with van der Waals surface area (Å²) in [5.41, 5.74) is 9.26. The van der Waals surface area contributed by atoms with Crippen molar-refractivity contribution in [3.8, 4) is 11.4 Å². The highest BCUT2D eigenvalue weighted by atomic mass is 15.1. The van der Waals surface area contributed by atoms with E-state index in [0.29, 0.717) is 0 Å². The van der Waals surface area contributed by atoms with Crippen molar-refractivity contribution >= 4 is 60.5 Å². The van der Waals surface area contributed by atoms with Gasteiger partial charge in [-0.05, 0) is 83.6 Å². The van der Waals surface area contributed by atoms with Crippen molar-refractivity contribution in [2.24, 2.45) is 0 Å². The van der Waals surface area contributed by atoms with E-state index in [0.717, 1.165) is 28.4 Å². The smallest absolute Gasteiger partial charge is 0.0788 e. The molecule has 9 aromatic rings. The van der Waals surface area contributed by atoms with Gasteiger partial charge in [0.1, 0.15) is 0 Å². The summed E-state index contributed by atoms with van der Waals surface area (Å²) in [5, 5.41) is 6.12. The molecule has 2 aromatic heterocycles. The third kappa shape index (κ3) is 4.13. The Morgan fingerprint density at radius 2 is 1.00 bits per heavy atom. The van der Waals surface area contributed by atoms with E-state index in [1.165, 1.54) is 43.5 Å². The molecule has 0 fully saturated rings. The second-order valence-corrected chi connectivity index (χ2v) is 11.5. The summed E-state index contributed by atoms with van der Waals surface area (Å²) in [6.07, 6.45) is 2.19. The monoisotopic (exact) mass is 575 g/mol. The molecule has 0 atom stereocenters. The molecule has 0 saturated heterocycles. The predicted molar refractivity (Wildman–Crippen MR) is 190 cm³/mol. The van der Waals surface area contributed by atoms with Gasteiger partial charge in [-0.25, -0.2) is 0 Å². The van der Waals surface area contributed by atoms with Crippen LogP contribution in [0.5, 0.6) is 0 Å². The van der Waals surface area contributed by atoms with Crippen LogP contribution in [0.4, 0.5) is 17.1 Å². The minimum Gasteiger partial charge on any atom is -0.315 e. The fourth-order valence-corrected chi connectivity index (χ4v) is 6.84. The van der Waals surface area contributed by atoms with E-state index >= 15 is 0 Å². The molecule has 0 aliphatic heterocycles. The van der Waals surface area contributed by atoms with Crippen molar-refractivity contribution < 1.29 is 0 Å². The zero-order valence-electron chi connectivity index (χ0n) is 24.6. The minimum absolute atomic E-state index is 1.12. The molecule has 0 aliphatic rings. The van der Waals surface area contributed by atoms with Crippen LogP contribution >= 0.6 is 0 Å². The second-order valence-electron chi connectivity index (χ2n) is 11.5. The van der Waals surface area contributed by atoms with Crippen molar-refractivity contribution in [1.29, 1.82) is 0 Å². The van der Waals surface area contributed by atoms with E-state index < -0.39 is 0 Å². The molecule has 9 rings (SSSR count). The Kier molecular flexibility index (Phi) is 5.82. The standard InChI is InChI=1S/C42H29N3/c1-4-14-33(15-5-1)43-27-26-31-21-24-38-39-29-37(23-25-40(39)45(42(38)41(31)43)35-18-8-3-9-19-35)44(34-16-6-2-7-17-34)36-22-20-30-12-10-11-13-32(30)28-36/h1-29H. The van der Waals surface area contributed by atoms with Gasteiger partial charge >= 0.3 is 0 Å². The summed E-state index contributed by atoms with van der Waals surface area (Å²) in [7, 11) is 0. The lowest BCUT2D eigenvalue weighted by atomic mass is 10.1. The normalized spacial score (nSPS) is 11.6. The van der Waals surface area contributed by atoms with E-state index in [-0.39, 0.29) is 0 Å². The lowest BCUT2D eigenvalue weighted by molar-refractivity contribution is 1.12. The highest BCUT2D eigenvalue weighted by Crippen LogP contribution is 2.42. The van der Waals surface area contributed by atoms with Crippen LogP contribution in [0.2, 0.25) is 0 Å². The Morgan fingerprint density at radius 1 is 0.378 bits per heavy atom. The summed E-state index contributed by atoms with van der Waals surface area (Å²) in [4.78, 5) is 2.36. The second kappa shape index (κ2) is 10.3. The number of hydrogen-bond acceptors (Lipinski definition) is 1. The predicted octanol–water partition coefficient (Wildman–Crippen LogP) is 11.4. The Hall–Kier alpha value is -6.06. The zero-order chi connectivity index (χ0) is 29.7. The number of benzene rings is 7. The molecule has 0 aliphatic carbocycles. The lowest BCUT2D eigenvalue weighted by Crippen LogP contribution is -2.09. The highest BCUT2D eigenvalue weighted by molar-refractivity contribution is 6.19. The summed E-state index contributed by atoms with van der Waals surface area (Å²) in [6.45, 7) is 0. The highest BCUT2D eigenvalue weighted by Gasteiger charge is 2.20. The van der Waals surface area contributed by atoms with Crippen molar-refractivity contribution in [1.82, 2.24) is 9.13 Å². The van der Waals surface area contributed by atoms with Crippen LogP contribution in [-0.2, 0) is 0 Å². The number of anilines is 3. The van der Waals surface area contributed by atoms with Gasteiger partial charge in [0.2, 0.25) is 0 Å². The van der Waals surface area contributed by atoms with E-state index in [9.17, 15) is 0 Å². The van der Waals surface area contributed by atoms with Gasteiger partial charge in [-0.1, -0.05) is 97.1 Å². The number of hydrogen-bond donors (Lipinski definition) is 0. The Bertz CT molecular complexity index is 2470. The number of nitrogens with zero attached hydrogens (tertiary/aromatic N) is 3. The Labute approximate surface area is 261 Å². The molecule has 0 bridgehead atoms. The average molecular weight is 576 g/mol. The first-order valence-corrected chi connectivity index (χ1v) is 15.4. The number of aromatic nitrogens is 2. The van der Waals surface area contributed by atoms with Crippen molar-refractivity contribution in [2.75, 3.05) is 4.90 Å². The van der Waals surface area contributed by atoms with Gasteiger partial charge in [-0.3, -0.25) is 0 Å². The topological polar surface area (TPSA) is 13.1 Å². The molecule has 0 radical (unpaired) electrons. The van der Waals surface area contributed by atoms with Crippen LogP contribution in [0, 0.1) is 0 Å². The molecule has 45 heavy (non-hydrogen) atoms. The number of fused-ring (bicyclic) bond motifs is 6. The van der Waals surface area contributed by atoms with E-state index in [1.807, 2.05) is 0 Å². The van der Waals surface area contributed by atoms with Crippen LogP contribution in [0.3, 0.4) is 0 Å². The molecule has 0 amide bonds. The van der Waals surface area contributed by atoms with Crippen molar-refractivity contribution in [3.63, 3.8) is 0 Å². The fraction of sp³-hybridized carbons (Fsp3) is 0. The third-order valence-corrected chi connectivity index (χ3v) is 8.87. The van der Waals surface area contributed by atoms with Crippen LogP contribution in [0.25, 0.3) is 54.9 Å². The fourth-order valence-electron chi connectivity index (χ4n) is 6.84. The van der Waals surface area contributed by atoms with Gasteiger partial charge in [0.25, 0.3) is 0 Å². The minimum atomic E-state index is 1.12. The molecule has 3 heteroatoms. The van der Waals surface area contributed by atoms with Gasteiger partial charge in [-0.2, -0.15) is 0 Å². The third-order valence-electron chi connectivity index (χ3n) is 8.87. The SMILES string of the molecule is c1ccc(N(c2ccc3ccccc3c2)c2ccc3c(c2)c2ccc4ccn(-c5ccccc5)c4c2n3-c2ccccc2)cc1. The molecular formula is C42H29N3. The maximum atomic E-state index is 2.43. The molecule has 0 N–H and O–H groups in total. The quantitative estimate of drug-likeness (QED) is 0.199. The van der Waals surface area contributed by atoms with Crippen LogP contribution in [-0.4, -0.2) is 9.13 Å². The first kappa shape index (κ1) is 25.4.